The van der Waals surface area contributed by atoms with Crippen molar-refractivity contribution in [1.29, 1.82) is 0 Å². The van der Waals surface area contributed by atoms with Gasteiger partial charge in [0, 0.05) is 25.2 Å². The topological polar surface area (TPSA) is 84.3 Å². The number of ether oxygens (including phenoxy) is 1. The Balaban J connectivity index is 1.91. The number of non-ortho nitro benzene ring substituents is 1. The molecule has 3 rings (SSSR count). The second-order valence-corrected chi connectivity index (χ2v) is 5.46. The normalized spacial score (nSPS) is 22.7. The first-order valence-corrected chi connectivity index (χ1v) is 7.21. The van der Waals surface area contributed by atoms with Gasteiger partial charge in [-0.2, -0.15) is 0 Å². The van der Waals surface area contributed by atoms with Crippen molar-refractivity contribution in [2.75, 3.05) is 23.9 Å². The standard InChI is InChI=1S/C13H15ClN4O3/c1-8-6-17(7-10(5-14)21-8)13-15-11-3-2-9(18(19)20)4-12(11)16-13/h2-4,8,10H,5-7H2,1H3,(H,15,16). The number of benzene rings is 1. The smallest absolute Gasteiger partial charge is 0.271 e. The van der Waals surface area contributed by atoms with Crippen molar-refractivity contribution in [3.05, 3.63) is 28.3 Å². The summed E-state index contributed by atoms with van der Waals surface area (Å²) in [5.74, 6) is 1.11. The summed E-state index contributed by atoms with van der Waals surface area (Å²) in [7, 11) is 0. The fourth-order valence-electron chi connectivity index (χ4n) is 2.55. The average molecular weight is 311 g/mol. The van der Waals surface area contributed by atoms with Crippen molar-refractivity contribution in [1.82, 2.24) is 9.97 Å². The van der Waals surface area contributed by atoms with Crippen LogP contribution < -0.4 is 4.90 Å². The predicted octanol–water partition coefficient (Wildman–Crippen LogP) is 2.30. The molecule has 0 saturated carbocycles. The molecule has 0 amide bonds. The van der Waals surface area contributed by atoms with Crippen LogP contribution in [0.4, 0.5) is 11.6 Å². The number of nitrogens with one attached hydrogen (secondary N) is 1. The van der Waals surface area contributed by atoms with Gasteiger partial charge < -0.3 is 14.6 Å². The molecule has 1 aliphatic heterocycles. The van der Waals surface area contributed by atoms with Crippen molar-refractivity contribution in [2.45, 2.75) is 19.1 Å². The van der Waals surface area contributed by atoms with Gasteiger partial charge in [0.05, 0.1) is 34.0 Å². The maximum Gasteiger partial charge on any atom is 0.271 e. The summed E-state index contributed by atoms with van der Waals surface area (Å²) in [5, 5.41) is 10.8. The van der Waals surface area contributed by atoms with Crippen LogP contribution in [0.1, 0.15) is 6.92 Å². The van der Waals surface area contributed by atoms with Crippen molar-refractivity contribution >= 4 is 34.3 Å². The highest BCUT2D eigenvalue weighted by atomic mass is 35.5. The molecule has 1 saturated heterocycles. The monoisotopic (exact) mass is 310 g/mol. The van der Waals surface area contributed by atoms with Gasteiger partial charge in [0.2, 0.25) is 5.95 Å². The van der Waals surface area contributed by atoms with Crippen molar-refractivity contribution in [3.8, 4) is 0 Å². The van der Waals surface area contributed by atoms with E-state index in [2.05, 4.69) is 14.9 Å². The Bertz CT molecular complexity index is 674. The highest BCUT2D eigenvalue weighted by Crippen LogP contribution is 2.24. The zero-order valence-corrected chi connectivity index (χ0v) is 12.2. The third kappa shape index (κ3) is 2.79. The van der Waals surface area contributed by atoms with Crippen molar-refractivity contribution < 1.29 is 9.66 Å². The maximum absolute atomic E-state index is 10.8. The van der Waals surface area contributed by atoms with Gasteiger partial charge in [-0.05, 0) is 13.0 Å². The Morgan fingerprint density at radius 3 is 3.10 bits per heavy atom. The van der Waals surface area contributed by atoms with Crippen molar-refractivity contribution in [3.63, 3.8) is 0 Å². The van der Waals surface area contributed by atoms with Gasteiger partial charge in [0.1, 0.15) is 0 Å². The van der Waals surface area contributed by atoms with Gasteiger partial charge in [0.25, 0.3) is 5.69 Å². The third-order valence-electron chi connectivity index (χ3n) is 3.46. The fraction of sp³-hybridized carbons (Fsp3) is 0.462. The fourth-order valence-corrected chi connectivity index (χ4v) is 2.72. The molecule has 0 aliphatic carbocycles. The zero-order valence-electron chi connectivity index (χ0n) is 11.5. The van der Waals surface area contributed by atoms with E-state index in [9.17, 15) is 10.1 Å². The summed E-state index contributed by atoms with van der Waals surface area (Å²) in [6, 6.07) is 4.60. The van der Waals surface area contributed by atoms with Crippen LogP contribution in [0.15, 0.2) is 18.2 Å². The second-order valence-electron chi connectivity index (χ2n) is 5.15. The van der Waals surface area contributed by atoms with Gasteiger partial charge >= 0.3 is 0 Å². The molecule has 1 fully saturated rings. The first-order chi connectivity index (χ1) is 10.1. The highest BCUT2D eigenvalue weighted by molar-refractivity contribution is 6.18. The third-order valence-corrected chi connectivity index (χ3v) is 3.81. The van der Waals surface area contributed by atoms with E-state index in [0.717, 1.165) is 0 Å². The lowest BCUT2D eigenvalue weighted by molar-refractivity contribution is -0.384. The van der Waals surface area contributed by atoms with Crippen LogP contribution in [0.3, 0.4) is 0 Å². The Morgan fingerprint density at radius 2 is 2.38 bits per heavy atom. The van der Waals surface area contributed by atoms with Gasteiger partial charge in [-0.3, -0.25) is 10.1 Å². The molecule has 21 heavy (non-hydrogen) atoms. The molecule has 7 nitrogen and oxygen atoms in total. The number of fused-ring (bicyclic) bond motifs is 1. The molecule has 2 unspecified atom stereocenters. The lowest BCUT2D eigenvalue weighted by Crippen LogP contribution is -2.47. The molecule has 0 radical (unpaired) electrons. The number of imidazole rings is 1. The number of nitro groups is 1. The molecule has 0 spiro atoms. The number of aromatic nitrogens is 2. The number of aromatic amines is 1. The summed E-state index contributed by atoms with van der Waals surface area (Å²) < 4.78 is 5.71. The summed E-state index contributed by atoms with van der Waals surface area (Å²) in [4.78, 5) is 20.1. The number of anilines is 1. The summed E-state index contributed by atoms with van der Waals surface area (Å²) in [5.41, 5.74) is 1.41. The quantitative estimate of drug-likeness (QED) is 0.534. The molecule has 2 heterocycles. The number of nitro benzene ring substituents is 1. The van der Waals surface area contributed by atoms with Crippen LogP contribution in [-0.2, 0) is 4.74 Å². The second kappa shape index (κ2) is 5.50. The minimum Gasteiger partial charge on any atom is -0.370 e. The number of halogens is 1. The largest absolute Gasteiger partial charge is 0.370 e. The number of rotatable bonds is 3. The maximum atomic E-state index is 10.8. The molecular weight excluding hydrogens is 296 g/mol. The van der Waals surface area contributed by atoms with Gasteiger partial charge in [0.15, 0.2) is 0 Å². The lowest BCUT2D eigenvalue weighted by atomic mass is 10.2. The lowest BCUT2D eigenvalue weighted by Gasteiger charge is -2.35. The van der Waals surface area contributed by atoms with Gasteiger partial charge in [-0.25, -0.2) is 4.98 Å². The number of alkyl halides is 1. The SMILES string of the molecule is CC1CN(c2nc3ccc([N+](=O)[O-])cc3[nH]2)CC(CCl)O1. The highest BCUT2D eigenvalue weighted by Gasteiger charge is 2.26. The number of hydrogen-bond acceptors (Lipinski definition) is 5. The molecule has 1 aromatic heterocycles. The van der Waals surface area contributed by atoms with E-state index in [1.807, 2.05) is 6.92 Å². The van der Waals surface area contributed by atoms with E-state index >= 15 is 0 Å². The zero-order chi connectivity index (χ0) is 15.0. The Labute approximate surface area is 126 Å². The molecule has 1 aromatic carbocycles. The number of nitrogens with zero attached hydrogens (tertiary/aromatic N) is 3. The van der Waals surface area contributed by atoms with E-state index in [-0.39, 0.29) is 17.9 Å². The Hall–Kier alpha value is -1.86. The van der Waals surface area contributed by atoms with Crippen LogP contribution in [0.2, 0.25) is 0 Å². The van der Waals surface area contributed by atoms with Crippen LogP contribution in [0.25, 0.3) is 11.0 Å². The molecule has 0 bridgehead atoms. The van der Waals surface area contributed by atoms with Gasteiger partial charge in [-0.15, -0.1) is 11.6 Å². The Kier molecular flexibility index (Phi) is 3.69. The van der Waals surface area contributed by atoms with Crippen LogP contribution in [0, 0.1) is 10.1 Å². The van der Waals surface area contributed by atoms with E-state index in [1.54, 1.807) is 6.07 Å². The summed E-state index contributed by atoms with van der Waals surface area (Å²) >= 11 is 5.88. The summed E-state index contributed by atoms with van der Waals surface area (Å²) in [6.07, 6.45) is 0.0167. The first kappa shape index (κ1) is 14.1. The predicted molar refractivity (Wildman–Crippen MR) is 80.0 cm³/mol. The van der Waals surface area contributed by atoms with Crippen LogP contribution in [-0.4, -0.2) is 46.1 Å². The first-order valence-electron chi connectivity index (χ1n) is 6.67. The summed E-state index contributed by atoms with van der Waals surface area (Å²) in [6.45, 7) is 3.34. The molecule has 112 valence electrons. The van der Waals surface area contributed by atoms with Crippen LogP contribution >= 0.6 is 11.6 Å². The average Bonchev–Trinajstić information content (AvgIpc) is 2.89. The number of hydrogen-bond donors (Lipinski definition) is 1. The molecule has 2 aromatic rings. The minimum absolute atomic E-state index is 0.0436. The molecule has 1 aliphatic rings. The van der Waals surface area contributed by atoms with Gasteiger partial charge in [-0.1, -0.05) is 0 Å². The number of morpholine rings is 1. The molecule has 8 heteroatoms. The van der Waals surface area contributed by atoms with E-state index < -0.39 is 4.92 Å². The van der Waals surface area contributed by atoms with Crippen molar-refractivity contribution in [2.24, 2.45) is 0 Å². The van der Waals surface area contributed by atoms with E-state index in [0.29, 0.717) is 36.0 Å². The van der Waals surface area contributed by atoms with E-state index in [4.69, 9.17) is 16.3 Å². The minimum atomic E-state index is -0.416. The molecular formula is C13H15ClN4O3. The Morgan fingerprint density at radius 1 is 1.57 bits per heavy atom. The molecule has 1 N–H and O–H groups in total. The van der Waals surface area contributed by atoms with Crippen LogP contribution in [0.5, 0.6) is 0 Å². The molecule has 2 atom stereocenters. The number of H-pyrrole nitrogens is 1. The van der Waals surface area contributed by atoms with E-state index in [1.165, 1.54) is 12.1 Å².